The monoisotopic (exact) mass is 276 g/mol. The minimum atomic E-state index is 0.546. The summed E-state index contributed by atoms with van der Waals surface area (Å²) in [5.74, 6) is 0. The fourth-order valence-electron chi connectivity index (χ4n) is 2.08. The molecule has 0 rings (SSSR count). The number of likely N-dealkylation sites (N-methyl/N-ethyl adjacent to an activating group) is 1. The number of hydrogen-bond acceptors (Lipinski definition) is 2. The fourth-order valence-corrected chi connectivity index (χ4v) is 2.08. The molecule has 0 saturated carbocycles. The topological polar surface area (TPSA) is 15.3 Å². The van der Waals surface area contributed by atoms with Crippen LogP contribution >= 0.6 is 0 Å². The molecule has 0 spiro atoms. The van der Waals surface area contributed by atoms with Crippen molar-refractivity contribution in [1.29, 1.82) is 0 Å². The molecule has 1 unspecified atom stereocenters. The summed E-state index contributed by atoms with van der Waals surface area (Å²) < 4.78 is 0. The van der Waals surface area contributed by atoms with E-state index < -0.39 is 0 Å². The summed E-state index contributed by atoms with van der Waals surface area (Å²) >= 11 is 0. The Kier molecular flexibility index (Phi) is 10.6. The Hall–Kier alpha value is -1.44. The highest BCUT2D eigenvalue weighted by Gasteiger charge is 2.09. The van der Waals surface area contributed by atoms with Gasteiger partial charge >= 0.3 is 0 Å². The Morgan fingerprint density at radius 1 is 1.20 bits per heavy atom. The van der Waals surface area contributed by atoms with Gasteiger partial charge in [0.05, 0.1) is 5.70 Å². The van der Waals surface area contributed by atoms with E-state index in [2.05, 4.69) is 81.5 Å². The molecule has 0 aromatic rings. The summed E-state index contributed by atoms with van der Waals surface area (Å²) in [7, 11) is 4.10. The van der Waals surface area contributed by atoms with E-state index >= 15 is 0 Å². The number of nitrogens with one attached hydrogen (secondary N) is 1. The third-order valence-corrected chi connectivity index (χ3v) is 3.31. The number of allylic oxidation sites excluding steroid dienone is 6. The van der Waals surface area contributed by atoms with Crippen LogP contribution in [0.5, 0.6) is 0 Å². The van der Waals surface area contributed by atoms with Crippen LogP contribution in [0.3, 0.4) is 0 Å². The molecule has 0 fully saturated rings. The molecule has 2 nitrogen and oxygen atoms in total. The molecule has 0 heterocycles. The van der Waals surface area contributed by atoms with Crippen LogP contribution < -0.4 is 5.32 Å². The molecule has 0 aliphatic heterocycles. The first kappa shape index (κ1) is 18.6. The van der Waals surface area contributed by atoms with Crippen LogP contribution in [0.15, 0.2) is 47.9 Å². The Morgan fingerprint density at radius 2 is 1.90 bits per heavy atom. The Labute approximate surface area is 125 Å². The molecule has 0 bridgehead atoms. The van der Waals surface area contributed by atoms with Crippen molar-refractivity contribution in [1.82, 2.24) is 10.2 Å². The highest BCUT2D eigenvalue weighted by atomic mass is 15.1. The molecule has 1 atom stereocenters. The van der Waals surface area contributed by atoms with Gasteiger partial charge in [0.1, 0.15) is 0 Å². The molecule has 0 radical (unpaired) electrons. The third-order valence-electron chi connectivity index (χ3n) is 3.31. The van der Waals surface area contributed by atoms with Crippen molar-refractivity contribution >= 4 is 0 Å². The minimum Gasteiger partial charge on any atom is -0.392 e. The zero-order chi connectivity index (χ0) is 15.4. The van der Waals surface area contributed by atoms with Crippen molar-refractivity contribution in [3.63, 3.8) is 0 Å². The molecule has 0 aromatic heterocycles. The average Bonchev–Trinajstić information content (AvgIpc) is 2.43. The van der Waals surface area contributed by atoms with Gasteiger partial charge in [0.25, 0.3) is 0 Å². The zero-order valence-corrected chi connectivity index (χ0v) is 14.1. The predicted molar refractivity (Wildman–Crippen MR) is 91.6 cm³/mol. The van der Waals surface area contributed by atoms with Crippen LogP contribution in [-0.2, 0) is 0 Å². The maximum absolute atomic E-state index is 3.14. The quantitative estimate of drug-likeness (QED) is 0.617. The second-order valence-corrected chi connectivity index (χ2v) is 5.05. The van der Waals surface area contributed by atoms with Crippen molar-refractivity contribution in [3.8, 4) is 0 Å². The van der Waals surface area contributed by atoms with Crippen molar-refractivity contribution in [2.75, 3.05) is 14.1 Å². The van der Waals surface area contributed by atoms with Crippen LogP contribution in [0, 0.1) is 0 Å². The molecule has 20 heavy (non-hydrogen) atoms. The maximum Gasteiger partial charge on any atom is 0.0525 e. The molecule has 0 saturated heterocycles. The number of hydrogen-bond donors (Lipinski definition) is 1. The summed E-state index contributed by atoms with van der Waals surface area (Å²) in [6.07, 6.45) is 16.4. The van der Waals surface area contributed by atoms with Gasteiger partial charge < -0.3 is 10.2 Å². The fraction of sp³-hybridized carbons (Fsp3) is 0.556. The highest BCUT2D eigenvalue weighted by Crippen LogP contribution is 2.13. The molecular formula is C18H32N2. The van der Waals surface area contributed by atoms with E-state index in [0.717, 1.165) is 6.42 Å². The summed E-state index contributed by atoms with van der Waals surface area (Å²) in [5, 5.41) is 3.14. The Morgan fingerprint density at radius 3 is 2.40 bits per heavy atom. The molecule has 1 N–H and O–H groups in total. The van der Waals surface area contributed by atoms with Crippen LogP contribution in [0.2, 0.25) is 0 Å². The molecular weight excluding hydrogens is 244 g/mol. The first-order chi connectivity index (χ1) is 9.60. The van der Waals surface area contributed by atoms with Gasteiger partial charge in [-0.25, -0.2) is 0 Å². The van der Waals surface area contributed by atoms with E-state index in [1.54, 1.807) is 0 Å². The average molecular weight is 276 g/mol. The van der Waals surface area contributed by atoms with E-state index in [9.17, 15) is 0 Å². The van der Waals surface area contributed by atoms with E-state index in [0.29, 0.717) is 6.04 Å². The van der Waals surface area contributed by atoms with E-state index in [1.807, 2.05) is 7.05 Å². The van der Waals surface area contributed by atoms with Gasteiger partial charge in [0, 0.05) is 26.3 Å². The summed E-state index contributed by atoms with van der Waals surface area (Å²) in [4.78, 5) is 2.33. The normalized spacial score (nSPS) is 15.1. The maximum atomic E-state index is 3.14. The minimum absolute atomic E-state index is 0.546. The van der Waals surface area contributed by atoms with Crippen LogP contribution in [-0.4, -0.2) is 25.0 Å². The van der Waals surface area contributed by atoms with Gasteiger partial charge in [-0.1, -0.05) is 44.6 Å². The van der Waals surface area contributed by atoms with Gasteiger partial charge in [-0.15, -0.1) is 0 Å². The van der Waals surface area contributed by atoms with Crippen LogP contribution in [0.25, 0.3) is 0 Å². The van der Waals surface area contributed by atoms with Crippen LogP contribution in [0.4, 0.5) is 0 Å². The SMILES string of the molecule is C/C=C/C(=CCC)/C=C\C(=C\NC)N(C)C(C)CCC. The first-order valence-electron chi connectivity index (χ1n) is 7.71. The summed E-state index contributed by atoms with van der Waals surface area (Å²) in [6.45, 7) is 8.72. The van der Waals surface area contributed by atoms with Crippen molar-refractivity contribution in [3.05, 3.63) is 47.9 Å². The predicted octanol–water partition coefficient (Wildman–Crippen LogP) is 4.64. The molecule has 0 aromatic carbocycles. The van der Waals surface area contributed by atoms with Gasteiger partial charge in [-0.3, -0.25) is 0 Å². The molecule has 0 aliphatic carbocycles. The zero-order valence-electron chi connectivity index (χ0n) is 14.1. The van der Waals surface area contributed by atoms with Gasteiger partial charge in [0.2, 0.25) is 0 Å². The molecule has 2 heteroatoms. The Bertz CT molecular complexity index is 362. The van der Waals surface area contributed by atoms with Gasteiger partial charge in [-0.05, 0) is 38.3 Å². The second-order valence-electron chi connectivity index (χ2n) is 5.05. The van der Waals surface area contributed by atoms with E-state index in [4.69, 9.17) is 0 Å². The van der Waals surface area contributed by atoms with Crippen LogP contribution in [0.1, 0.15) is 47.0 Å². The number of rotatable bonds is 9. The highest BCUT2D eigenvalue weighted by molar-refractivity contribution is 5.34. The molecule has 0 aliphatic rings. The van der Waals surface area contributed by atoms with Gasteiger partial charge in [0.15, 0.2) is 0 Å². The third kappa shape index (κ3) is 7.22. The molecule has 114 valence electrons. The number of nitrogens with zero attached hydrogens (tertiary/aromatic N) is 1. The van der Waals surface area contributed by atoms with E-state index in [-0.39, 0.29) is 0 Å². The lowest BCUT2D eigenvalue weighted by atomic mass is 10.1. The van der Waals surface area contributed by atoms with Gasteiger partial charge in [-0.2, -0.15) is 0 Å². The molecule has 0 amide bonds. The lowest BCUT2D eigenvalue weighted by molar-refractivity contribution is 0.312. The van der Waals surface area contributed by atoms with Crippen molar-refractivity contribution in [2.24, 2.45) is 0 Å². The van der Waals surface area contributed by atoms with Crippen molar-refractivity contribution < 1.29 is 0 Å². The summed E-state index contributed by atoms with van der Waals surface area (Å²) in [6, 6.07) is 0.546. The largest absolute Gasteiger partial charge is 0.392 e. The lowest BCUT2D eigenvalue weighted by Crippen LogP contribution is -2.28. The summed E-state index contributed by atoms with van der Waals surface area (Å²) in [5.41, 5.74) is 2.47. The second kappa shape index (κ2) is 11.4. The van der Waals surface area contributed by atoms with E-state index in [1.165, 1.54) is 24.1 Å². The first-order valence-corrected chi connectivity index (χ1v) is 7.71. The smallest absolute Gasteiger partial charge is 0.0525 e. The van der Waals surface area contributed by atoms with Crippen molar-refractivity contribution in [2.45, 2.75) is 53.0 Å². The standard InChI is InChI=1S/C18H32N2/c1-7-10-16(4)20(6)18(15-19-5)14-13-17(11-8-2)12-9-3/h8,11-16,19H,7,9-10H2,1-6H3/b11-8+,14-13-,17-12?,18-15-. The lowest BCUT2D eigenvalue weighted by Gasteiger charge is -2.27. The Balaban J connectivity index is 5.02.